The second kappa shape index (κ2) is 4.99. The molecule has 0 aliphatic carbocycles. The molecule has 85 valence electrons. The number of aryl methyl sites for hydroxylation is 1. The fourth-order valence-corrected chi connectivity index (χ4v) is 1.65. The molecule has 0 saturated carbocycles. The number of hydrogen-bond donors (Lipinski definition) is 0. The van der Waals surface area contributed by atoms with Crippen LogP contribution in [-0.4, -0.2) is 19.2 Å². The third kappa shape index (κ3) is 2.33. The molecular weight excluding hydrogens is 204 g/mol. The second-order valence-corrected chi connectivity index (χ2v) is 3.73. The topological polar surface area (TPSA) is 44.7 Å². The number of ether oxygens (including phenoxy) is 1. The van der Waals surface area contributed by atoms with E-state index in [2.05, 4.69) is 24.2 Å². The Morgan fingerprint density at radius 1 is 1.38 bits per heavy atom. The second-order valence-electron chi connectivity index (χ2n) is 3.73. The van der Waals surface area contributed by atoms with Crippen LogP contribution in [0.3, 0.4) is 0 Å². The Morgan fingerprint density at radius 2 is 2.12 bits per heavy atom. The molecule has 0 atom stereocenters. The van der Waals surface area contributed by atoms with Crippen LogP contribution in [-0.2, 0) is 16.3 Å². The third-order valence-corrected chi connectivity index (χ3v) is 2.48. The molecule has 1 aliphatic heterocycles. The molecule has 1 heterocycles. The number of anilines is 1. The standard InChI is InChI=1S/C12H15N2O2/c1-2-3-10-4-6-11(7-5-10)14-9-16-12(8-15)13-14/h4-7H,2-3,8-9H2,1H3. The van der Waals surface area contributed by atoms with Gasteiger partial charge in [-0.2, -0.15) is 0 Å². The predicted molar refractivity (Wildman–Crippen MR) is 61.9 cm³/mol. The summed E-state index contributed by atoms with van der Waals surface area (Å²) < 4.78 is 5.11. The molecule has 0 spiro atoms. The summed E-state index contributed by atoms with van der Waals surface area (Å²) in [5.74, 6) is 0.262. The summed E-state index contributed by atoms with van der Waals surface area (Å²) >= 11 is 0. The summed E-state index contributed by atoms with van der Waals surface area (Å²) in [6, 6.07) is 8.18. The maximum atomic E-state index is 10.6. The molecule has 1 aromatic carbocycles. The molecule has 4 nitrogen and oxygen atoms in total. The molecule has 0 unspecified atom stereocenters. The van der Waals surface area contributed by atoms with Gasteiger partial charge in [0, 0.05) is 0 Å². The van der Waals surface area contributed by atoms with Crippen LogP contribution < -0.4 is 5.01 Å². The third-order valence-electron chi connectivity index (χ3n) is 2.48. The van der Waals surface area contributed by atoms with E-state index in [9.17, 15) is 5.11 Å². The van der Waals surface area contributed by atoms with Gasteiger partial charge in [-0.25, -0.2) is 10.1 Å². The normalized spacial score (nSPS) is 14.9. The van der Waals surface area contributed by atoms with Gasteiger partial charge in [-0.05, 0) is 24.1 Å². The molecule has 0 aromatic heterocycles. The molecule has 0 N–H and O–H groups in total. The van der Waals surface area contributed by atoms with E-state index < -0.39 is 6.61 Å². The Hall–Kier alpha value is -1.55. The van der Waals surface area contributed by atoms with Gasteiger partial charge in [0.2, 0.25) is 5.90 Å². The first-order valence-electron chi connectivity index (χ1n) is 5.48. The highest BCUT2D eigenvalue weighted by molar-refractivity contribution is 5.80. The lowest BCUT2D eigenvalue weighted by atomic mass is 10.1. The van der Waals surface area contributed by atoms with Crippen molar-refractivity contribution in [2.75, 3.05) is 18.3 Å². The molecule has 4 heteroatoms. The lowest BCUT2D eigenvalue weighted by Gasteiger charge is -2.11. The summed E-state index contributed by atoms with van der Waals surface area (Å²) in [5.41, 5.74) is 2.28. The van der Waals surface area contributed by atoms with Gasteiger partial charge in [0.15, 0.2) is 13.3 Å². The lowest BCUT2D eigenvalue weighted by Crippen LogP contribution is -2.12. The van der Waals surface area contributed by atoms with Crippen molar-refractivity contribution in [3.63, 3.8) is 0 Å². The van der Waals surface area contributed by atoms with Crippen molar-refractivity contribution < 1.29 is 9.84 Å². The fraction of sp³-hybridized carbons (Fsp3) is 0.417. The van der Waals surface area contributed by atoms with Crippen LogP contribution in [0.25, 0.3) is 0 Å². The Labute approximate surface area is 95.1 Å². The first-order valence-corrected chi connectivity index (χ1v) is 5.48. The SMILES string of the molecule is CCCc1ccc(N2COC(C[O])=N2)cc1. The van der Waals surface area contributed by atoms with Gasteiger partial charge >= 0.3 is 0 Å². The molecule has 1 aliphatic rings. The molecule has 0 amide bonds. The number of benzene rings is 1. The number of nitrogens with zero attached hydrogens (tertiary/aromatic N) is 2. The van der Waals surface area contributed by atoms with Crippen LogP contribution in [0.5, 0.6) is 0 Å². The molecule has 1 radical (unpaired) electrons. The zero-order valence-electron chi connectivity index (χ0n) is 9.35. The average Bonchev–Trinajstić information content (AvgIpc) is 2.79. The minimum Gasteiger partial charge on any atom is -0.455 e. The molecule has 0 fully saturated rings. The Balaban J connectivity index is 2.08. The van der Waals surface area contributed by atoms with E-state index in [1.54, 1.807) is 5.01 Å². The Morgan fingerprint density at radius 3 is 2.69 bits per heavy atom. The van der Waals surface area contributed by atoms with Crippen LogP contribution >= 0.6 is 0 Å². The molecule has 16 heavy (non-hydrogen) atoms. The van der Waals surface area contributed by atoms with E-state index in [0.29, 0.717) is 6.73 Å². The largest absolute Gasteiger partial charge is 0.455 e. The minimum atomic E-state index is -0.398. The van der Waals surface area contributed by atoms with Gasteiger partial charge in [-0.3, -0.25) is 0 Å². The van der Waals surface area contributed by atoms with E-state index in [0.717, 1.165) is 18.5 Å². The first-order chi connectivity index (χ1) is 7.83. The van der Waals surface area contributed by atoms with Crippen LogP contribution in [0.15, 0.2) is 29.4 Å². The van der Waals surface area contributed by atoms with Gasteiger partial charge in [-0.1, -0.05) is 25.5 Å². The summed E-state index contributed by atoms with van der Waals surface area (Å²) in [7, 11) is 0. The fourth-order valence-electron chi connectivity index (χ4n) is 1.65. The molecule has 1 aromatic rings. The zero-order chi connectivity index (χ0) is 11.4. The van der Waals surface area contributed by atoms with Crippen molar-refractivity contribution in [3.05, 3.63) is 29.8 Å². The highest BCUT2D eigenvalue weighted by Crippen LogP contribution is 2.19. The smallest absolute Gasteiger partial charge is 0.238 e. The van der Waals surface area contributed by atoms with Gasteiger partial charge in [0.05, 0.1) is 5.69 Å². The van der Waals surface area contributed by atoms with E-state index >= 15 is 0 Å². The van der Waals surface area contributed by atoms with E-state index in [1.807, 2.05) is 12.1 Å². The average molecular weight is 219 g/mol. The Kier molecular flexibility index (Phi) is 3.41. The van der Waals surface area contributed by atoms with Gasteiger partial charge < -0.3 is 4.74 Å². The molecule has 2 rings (SSSR count). The summed E-state index contributed by atoms with van der Waals surface area (Å²) in [4.78, 5) is 0. The zero-order valence-corrected chi connectivity index (χ0v) is 9.35. The van der Waals surface area contributed by atoms with Gasteiger partial charge in [-0.15, -0.1) is 5.10 Å². The number of hydrazone groups is 1. The van der Waals surface area contributed by atoms with E-state index in [-0.39, 0.29) is 5.90 Å². The molecule has 0 saturated heterocycles. The van der Waals surface area contributed by atoms with E-state index in [4.69, 9.17) is 4.74 Å². The van der Waals surface area contributed by atoms with Crippen molar-refractivity contribution in [3.8, 4) is 0 Å². The first kappa shape index (κ1) is 11.0. The molecule has 0 bridgehead atoms. The van der Waals surface area contributed by atoms with Gasteiger partial charge in [0.25, 0.3) is 0 Å². The number of hydrogen-bond acceptors (Lipinski definition) is 3. The van der Waals surface area contributed by atoms with Crippen molar-refractivity contribution in [2.24, 2.45) is 5.10 Å². The van der Waals surface area contributed by atoms with Gasteiger partial charge in [0.1, 0.15) is 0 Å². The summed E-state index contributed by atoms with van der Waals surface area (Å²) in [5, 5.41) is 16.3. The summed E-state index contributed by atoms with van der Waals surface area (Å²) in [6.45, 7) is 2.10. The predicted octanol–water partition coefficient (Wildman–Crippen LogP) is 2.18. The molecular formula is C12H15N2O2. The lowest BCUT2D eigenvalue weighted by molar-refractivity contribution is 0.211. The van der Waals surface area contributed by atoms with Crippen LogP contribution in [0.1, 0.15) is 18.9 Å². The minimum absolute atomic E-state index is 0.262. The maximum Gasteiger partial charge on any atom is 0.238 e. The number of rotatable bonds is 4. The quantitative estimate of drug-likeness (QED) is 0.779. The Bertz CT molecular complexity index is 373. The van der Waals surface area contributed by atoms with Crippen LogP contribution in [0.2, 0.25) is 0 Å². The van der Waals surface area contributed by atoms with Crippen molar-refractivity contribution in [1.29, 1.82) is 0 Å². The van der Waals surface area contributed by atoms with Crippen molar-refractivity contribution in [2.45, 2.75) is 19.8 Å². The van der Waals surface area contributed by atoms with Crippen LogP contribution in [0.4, 0.5) is 5.69 Å². The highest BCUT2D eigenvalue weighted by Gasteiger charge is 2.16. The van der Waals surface area contributed by atoms with Crippen molar-refractivity contribution >= 4 is 11.6 Å². The maximum absolute atomic E-state index is 10.6. The van der Waals surface area contributed by atoms with Crippen molar-refractivity contribution in [1.82, 2.24) is 0 Å². The summed E-state index contributed by atoms with van der Waals surface area (Å²) in [6.07, 6.45) is 2.23. The van der Waals surface area contributed by atoms with Crippen LogP contribution in [0, 0.1) is 0 Å². The monoisotopic (exact) mass is 219 g/mol. The highest BCUT2D eigenvalue weighted by atomic mass is 16.5. The van der Waals surface area contributed by atoms with E-state index in [1.165, 1.54) is 5.56 Å².